The first kappa shape index (κ1) is 11.6. The van der Waals surface area contributed by atoms with Crippen molar-refractivity contribution in [3.05, 3.63) is 16.3 Å². The fraction of sp³-hybridized carbons (Fsp3) is 0.600. The molecule has 2 rings (SSSR count). The number of nitro groups is 1. The molecule has 0 aliphatic carbocycles. The third kappa shape index (κ3) is 2.27. The van der Waals surface area contributed by atoms with E-state index in [1.807, 2.05) is 4.90 Å². The second kappa shape index (κ2) is 4.52. The Bertz CT molecular complexity index is 437. The molecule has 0 amide bonds. The van der Waals surface area contributed by atoms with Gasteiger partial charge in [-0.3, -0.25) is 10.1 Å². The molecule has 0 spiro atoms. The smallest absolute Gasteiger partial charge is 0.329 e. The Morgan fingerprint density at radius 2 is 2.47 bits per heavy atom. The van der Waals surface area contributed by atoms with Gasteiger partial charge in [-0.2, -0.15) is 4.98 Å². The van der Waals surface area contributed by atoms with Crippen LogP contribution in [0.15, 0.2) is 6.20 Å². The van der Waals surface area contributed by atoms with Gasteiger partial charge >= 0.3 is 5.69 Å². The van der Waals surface area contributed by atoms with Gasteiger partial charge in [0.05, 0.1) is 4.92 Å². The van der Waals surface area contributed by atoms with E-state index in [9.17, 15) is 10.1 Å². The highest BCUT2D eigenvalue weighted by Gasteiger charge is 2.28. The number of nitrogens with two attached hydrogens (primary N) is 1. The summed E-state index contributed by atoms with van der Waals surface area (Å²) in [6.07, 6.45) is 3.29. The Morgan fingerprint density at radius 3 is 3.06 bits per heavy atom. The van der Waals surface area contributed by atoms with Gasteiger partial charge in [0, 0.05) is 13.1 Å². The van der Waals surface area contributed by atoms with E-state index in [1.165, 1.54) is 6.20 Å². The fourth-order valence-corrected chi connectivity index (χ4v) is 2.10. The summed E-state index contributed by atoms with van der Waals surface area (Å²) >= 11 is 0. The van der Waals surface area contributed by atoms with Crippen LogP contribution in [0.2, 0.25) is 0 Å². The van der Waals surface area contributed by atoms with Crippen LogP contribution in [0.5, 0.6) is 0 Å². The molecule has 92 valence electrons. The van der Waals surface area contributed by atoms with Crippen LogP contribution in [0, 0.1) is 16.0 Å². The van der Waals surface area contributed by atoms with Gasteiger partial charge in [-0.25, -0.2) is 4.98 Å². The molecule has 2 heterocycles. The normalized spacial score (nSPS) is 19.6. The summed E-state index contributed by atoms with van der Waals surface area (Å²) in [6.45, 7) is 3.71. The molecule has 2 N–H and O–H groups in total. The van der Waals surface area contributed by atoms with Gasteiger partial charge < -0.3 is 10.6 Å². The first-order valence-electron chi connectivity index (χ1n) is 5.63. The molecule has 0 aromatic carbocycles. The lowest BCUT2D eigenvalue weighted by atomic mass is 10.1. The summed E-state index contributed by atoms with van der Waals surface area (Å²) in [5, 5.41) is 10.9. The molecule has 0 radical (unpaired) electrons. The van der Waals surface area contributed by atoms with Crippen molar-refractivity contribution in [2.45, 2.75) is 19.8 Å². The number of hydrogen-bond acceptors (Lipinski definition) is 6. The highest BCUT2D eigenvalue weighted by Crippen LogP contribution is 2.30. The zero-order valence-electron chi connectivity index (χ0n) is 9.67. The fourth-order valence-electron chi connectivity index (χ4n) is 2.10. The SMILES string of the molecule is CCC1CCN(c2nc(N)ncc2[N+](=O)[O-])C1. The van der Waals surface area contributed by atoms with E-state index in [4.69, 9.17) is 5.73 Å². The lowest BCUT2D eigenvalue weighted by molar-refractivity contribution is -0.384. The topological polar surface area (TPSA) is 98.2 Å². The number of rotatable bonds is 3. The van der Waals surface area contributed by atoms with E-state index < -0.39 is 4.92 Å². The molecule has 1 aliphatic heterocycles. The average Bonchev–Trinajstić information content (AvgIpc) is 2.76. The van der Waals surface area contributed by atoms with Crippen LogP contribution in [0.4, 0.5) is 17.5 Å². The average molecular weight is 237 g/mol. The summed E-state index contributed by atoms with van der Waals surface area (Å²) in [7, 11) is 0. The maximum atomic E-state index is 10.9. The monoisotopic (exact) mass is 237 g/mol. The van der Waals surface area contributed by atoms with Crippen molar-refractivity contribution in [1.29, 1.82) is 0 Å². The van der Waals surface area contributed by atoms with Crippen molar-refractivity contribution >= 4 is 17.5 Å². The minimum absolute atomic E-state index is 0.0732. The van der Waals surface area contributed by atoms with E-state index in [0.29, 0.717) is 11.7 Å². The van der Waals surface area contributed by atoms with Gasteiger partial charge in [-0.1, -0.05) is 13.3 Å². The molecule has 1 fully saturated rings. The largest absolute Gasteiger partial charge is 0.368 e. The van der Waals surface area contributed by atoms with Crippen LogP contribution >= 0.6 is 0 Å². The van der Waals surface area contributed by atoms with Gasteiger partial charge in [0.25, 0.3) is 0 Å². The van der Waals surface area contributed by atoms with Crippen LogP contribution in [-0.4, -0.2) is 28.0 Å². The van der Waals surface area contributed by atoms with Gasteiger partial charge in [-0.15, -0.1) is 0 Å². The van der Waals surface area contributed by atoms with Crippen molar-refractivity contribution in [3.63, 3.8) is 0 Å². The molecule has 17 heavy (non-hydrogen) atoms. The van der Waals surface area contributed by atoms with Crippen molar-refractivity contribution in [2.24, 2.45) is 5.92 Å². The summed E-state index contributed by atoms with van der Waals surface area (Å²) in [5.74, 6) is 0.995. The molecule has 1 atom stereocenters. The van der Waals surface area contributed by atoms with Crippen LogP contribution in [0.3, 0.4) is 0 Å². The number of nitrogen functional groups attached to an aromatic ring is 1. The maximum absolute atomic E-state index is 10.9. The van der Waals surface area contributed by atoms with E-state index in [-0.39, 0.29) is 11.6 Å². The zero-order chi connectivity index (χ0) is 12.4. The van der Waals surface area contributed by atoms with Crippen LogP contribution in [0.1, 0.15) is 19.8 Å². The molecule has 7 heteroatoms. The molecule has 1 aromatic heterocycles. The maximum Gasteiger partial charge on any atom is 0.329 e. The highest BCUT2D eigenvalue weighted by atomic mass is 16.6. The predicted octanol–water partition coefficient (Wildman–Crippen LogP) is 1.20. The van der Waals surface area contributed by atoms with Crippen molar-refractivity contribution in [1.82, 2.24) is 9.97 Å². The van der Waals surface area contributed by atoms with Crippen LogP contribution < -0.4 is 10.6 Å². The molecule has 0 bridgehead atoms. The molecule has 1 unspecified atom stereocenters. The quantitative estimate of drug-likeness (QED) is 0.626. The number of nitrogens with zero attached hydrogens (tertiary/aromatic N) is 4. The summed E-state index contributed by atoms with van der Waals surface area (Å²) in [6, 6.07) is 0. The molecular weight excluding hydrogens is 222 g/mol. The second-order valence-corrected chi connectivity index (χ2v) is 4.20. The minimum Gasteiger partial charge on any atom is -0.368 e. The Kier molecular flexibility index (Phi) is 3.08. The number of hydrogen-bond donors (Lipinski definition) is 1. The van der Waals surface area contributed by atoms with Crippen molar-refractivity contribution in [3.8, 4) is 0 Å². The highest BCUT2D eigenvalue weighted by molar-refractivity contribution is 5.58. The number of anilines is 2. The van der Waals surface area contributed by atoms with E-state index in [1.54, 1.807) is 0 Å². The molecule has 1 aromatic rings. The first-order valence-corrected chi connectivity index (χ1v) is 5.63. The molecule has 1 aliphatic rings. The summed E-state index contributed by atoms with van der Waals surface area (Å²) < 4.78 is 0. The van der Waals surface area contributed by atoms with E-state index >= 15 is 0 Å². The van der Waals surface area contributed by atoms with E-state index in [0.717, 1.165) is 25.9 Å². The number of aromatic nitrogens is 2. The van der Waals surface area contributed by atoms with Gasteiger partial charge in [0.15, 0.2) is 0 Å². The second-order valence-electron chi connectivity index (χ2n) is 4.20. The van der Waals surface area contributed by atoms with E-state index in [2.05, 4.69) is 16.9 Å². The zero-order valence-corrected chi connectivity index (χ0v) is 9.67. The predicted molar refractivity (Wildman–Crippen MR) is 63.7 cm³/mol. The van der Waals surface area contributed by atoms with Gasteiger partial charge in [0.2, 0.25) is 11.8 Å². The summed E-state index contributed by atoms with van der Waals surface area (Å²) in [5.41, 5.74) is 5.42. The molecule has 1 saturated heterocycles. The first-order chi connectivity index (χ1) is 8.11. The van der Waals surface area contributed by atoms with Crippen LogP contribution in [-0.2, 0) is 0 Å². The minimum atomic E-state index is -0.464. The molecular formula is C10H15N5O2. The van der Waals surface area contributed by atoms with Crippen molar-refractivity contribution < 1.29 is 4.92 Å². The van der Waals surface area contributed by atoms with Gasteiger partial charge in [0.1, 0.15) is 6.20 Å². The van der Waals surface area contributed by atoms with Gasteiger partial charge in [-0.05, 0) is 12.3 Å². The Morgan fingerprint density at radius 1 is 1.71 bits per heavy atom. The lowest BCUT2D eigenvalue weighted by Crippen LogP contribution is -2.22. The van der Waals surface area contributed by atoms with Crippen molar-refractivity contribution in [2.75, 3.05) is 23.7 Å². The van der Waals surface area contributed by atoms with Crippen LogP contribution in [0.25, 0.3) is 0 Å². The molecule has 0 saturated carbocycles. The summed E-state index contributed by atoms with van der Waals surface area (Å²) in [4.78, 5) is 20.0. The molecule has 7 nitrogen and oxygen atoms in total. The Labute approximate surface area is 98.8 Å². The third-order valence-corrected chi connectivity index (χ3v) is 3.13. The standard InChI is InChI=1S/C10H15N5O2/c1-2-7-3-4-14(6-7)9-8(15(16)17)5-12-10(11)13-9/h5,7H,2-4,6H2,1H3,(H2,11,12,13). The Balaban J connectivity index is 2.31. The lowest BCUT2D eigenvalue weighted by Gasteiger charge is -2.16. The Hall–Kier alpha value is -1.92. The third-order valence-electron chi connectivity index (χ3n) is 3.13.